The second-order valence-electron chi connectivity index (χ2n) is 4.22. The number of ether oxygens (including phenoxy) is 1. The molecule has 114 valence electrons. The van der Waals surface area contributed by atoms with Crippen LogP contribution in [0.5, 0.6) is 0 Å². The first-order valence-corrected chi connectivity index (χ1v) is 6.39. The van der Waals surface area contributed by atoms with E-state index in [1.807, 2.05) is 36.5 Å². The van der Waals surface area contributed by atoms with Gasteiger partial charge in [-0.05, 0) is 30.3 Å². The van der Waals surface area contributed by atoms with Crippen molar-refractivity contribution in [2.24, 2.45) is 0 Å². The molecular formula is C14H19ClN4O2. The van der Waals surface area contributed by atoms with Crippen LogP contribution < -0.4 is 10.6 Å². The van der Waals surface area contributed by atoms with Gasteiger partial charge in [0.25, 0.3) is 0 Å². The van der Waals surface area contributed by atoms with Crippen LogP contribution >= 0.6 is 12.4 Å². The molecule has 2 aromatic rings. The molecule has 0 fully saturated rings. The quantitative estimate of drug-likeness (QED) is 0.760. The van der Waals surface area contributed by atoms with Crippen LogP contribution in [-0.4, -0.2) is 42.5 Å². The van der Waals surface area contributed by atoms with Gasteiger partial charge in [-0.3, -0.25) is 4.79 Å². The monoisotopic (exact) mass is 310 g/mol. The average Bonchev–Trinajstić information content (AvgIpc) is 2.99. The Morgan fingerprint density at radius 2 is 2.10 bits per heavy atom. The van der Waals surface area contributed by atoms with Gasteiger partial charge in [-0.2, -0.15) is 5.10 Å². The van der Waals surface area contributed by atoms with Gasteiger partial charge < -0.3 is 15.4 Å². The van der Waals surface area contributed by atoms with Crippen molar-refractivity contribution >= 4 is 24.0 Å². The number of methoxy groups -OCH3 is 1. The molecule has 0 spiro atoms. The smallest absolute Gasteiger partial charge is 0.238 e. The molecule has 21 heavy (non-hydrogen) atoms. The number of anilines is 1. The molecule has 0 aliphatic heterocycles. The Balaban J connectivity index is 0.00000220. The molecule has 1 heterocycles. The summed E-state index contributed by atoms with van der Waals surface area (Å²) < 4.78 is 6.65. The van der Waals surface area contributed by atoms with Crippen molar-refractivity contribution in [1.82, 2.24) is 15.1 Å². The van der Waals surface area contributed by atoms with Gasteiger partial charge in [0, 0.05) is 31.7 Å². The van der Waals surface area contributed by atoms with Crippen LogP contribution in [0.15, 0.2) is 42.7 Å². The molecule has 1 amide bonds. The Labute approximate surface area is 129 Å². The van der Waals surface area contributed by atoms with Crippen molar-refractivity contribution in [3.8, 4) is 5.69 Å². The molecule has 2 rings (SSSR count). The average molecular weight is 311 g/mol. The number of carbonyl (C=O) groups excluding carboxylic acids is 1. The minimum absolute atomic E-state index is 0. The number of hydrogen-bond donors (Lipinski definition) is 2. The largest absolute Gasteiger partial charge is 0.383 e. The highest BCUT2D eigenvalue weighted by atomic mass is 35.5. The first kappa shape index (κ1) is 17.2. The Bertz CT molecular complexity index is 528. The van der Waals surface area contributed by atoms with E-state index in [4.69, 9.17) is 4.74 Å². The zero-order chi connectivity index (χ0) is 14.2. The van der Waals surface area contributed by atoms with Crippen molar-refractivity contribution in [2.45, 2.75) is 0 Å². The summed E-state index contributed by atoms with van der Waals surface area (Å²) in [5.41, 5.74) is 1.71. The Hall–Kier alpha value is -1.89. The van der Waals surface area contributed by atoms with E-state index >= 15 is 0 Å². The maximum Gasteiger partial charge on any atom is 0.238 e. The summed E-state index contributed by atoms with van der Waals surface area (Å²) in [5, 5.41) is 9.95. The Morgan fingerprint density at radius 1 is 1.33 bits per heavy atom. The molecule has 0 unspecified atom stereocenters. The third-order valence-electron chi connectivity index (χ3n) is 2.69. The summed E-state index contributed by atoms with van der Waals surface area (Å²) in [6.07, 6.45) is 3.59. The fraction of sp³-hybridized carbons (Fsp3) is 0.286. The number of rotatable bonds is 7. The molecule has 0 bridgehead atoms. The van der Waals surface area contributed by atoms with Gasteiger partial charge in [-0.25, -0.2) is 4.68 Å². The zero-order valence-electron chi connectivity index (χ0n) is 11.8. The van der Waals surface area contributed by atoms with Crippen LogP contribution in [0, 0.1) is 0 Å². The third kappa shape index (κ3) is 5.55. The fourth-order valence-electron chi connectivity index (χ4n) is 1.70. The standard InChI is InChI=1S/C14H18N4O2.ClH/c1-20-10-8-15-11-14(19)17-12-3-5-13(6-4-12)18-9-2-7-16-18;/h2-7,9,15H,8,10-11H2,1H3,(H,17,19);1H. The van der Waals surface area contributed by atoms with Crippen molar-refractivity contribution in [3.05, 3.63) is 42.7 Å². The van der Waals surface area contributed by atoms with Gasteiger partial charge in [-0.1, -0.05) is 0 Å². The molecule has 1 aromatic heterocycles. The van der Waals surface area contributed by atoms with E-state index in [9.17, 15) is 4.79 Å². The molecule has 1 aromatic carbocycles. The van der Waals surface area contributed by atoms with Gasteiger partial charge >= 0.3 is 0 Å². The summed E-state index contributed by atoms with van der Waals surface area (Å²) in [4.78, 5) is 11.7. The highest BCUT2D eigenvalue weighted by Crippen LogP contribution is 2.12. The van der Waals surface area contributed by atoms with E-state index in [1.165, 1.54) is 0 Å². The van der Waals surface area contributed by atoms with Crippen LogP contribution in [0.4, 0.5) is 5.69 Å². The summed E-state index contributed by atoms with van der Waals surface area (Å²) in [7, 11) is 1.63. The lowest BCUT2D eigenvalue weighted by Crippen LogP contribution is -2.30. The molecule has 0 aliphatic carbocycles. The van der Waals surface area contributed by atoms with Gasteiger partial charge in [0.2, 0.25) is 5.91 Å². The first-order valence-electron chi connectivity index (χ1n) is 6.39. The predicted octanol–water partition coefficient (Wildman–Crippen LogP) is 1.47. The predicted molar refractivity (Wildman–Crippen MR) is 84.2 cm³/mol. The zero-order valence-corrected chi connectivity index (χ0v) is 12.6. The van der Waals surface area contributed by atoms with E-state index in [2.05, 4.69) is 15.7 Å². The molecule has 0 radical (unpaired) electrons. The van der Waals surface area contributed by atoms with Crippen molar-refractivity contribution in [3.63, 3.8) is 0 Å². The number of nitrogens with one attached hydrogen (secondary N) is 2. The topological polar surface area (TPSA) is 68.2 Å². The summed E-state index contributed by atoms with van der Waals surface area (Å²) in [5.74, 6) is -0.0760. The van der Waals surface area contributed by atoms with Gasteiger partial charge in [0.15, 0.2) is 0 Å². The molecule has 2 N–H and O–H groups in total. The Morgan fingerprint density at radius 3 is 2.71 bits per heavy atom. The maximum atomic E-state index is 11.7. The van der Waals surface area contributed by atoms with E-state index < -0.39 is 0 Å². The highest BCUT2D eigenvalue weighted by Gasteiger charge is 2.02. The second kappa shape index (κ2) is 9.12. The third-order valence-corrected chi connectivity index (χ3v) is 2.69. The van der Waals surface area contributed by atoms with Gasteiger partial charge in [0.1, 0.15) is 0 Å². The lowest BCUT2D eigenvalue weighted by molar-refractivity contribution is -0.115. The number of carbonyl (C=O) groups is 1. The summed E-state index contributed by atoms with van der Waals surface area (Å²) in [6, 6.07) is 9.37. The van der Waals surface area contributed by atoms with Crippen LogP contribution in [0.3, 0.4) is 0 Å². The summed E-state index contributed by atoms with van der Waals surface area (Å²) in [6.45, 7) is 1.51. The molecule has 6 nitrogen and oxygen atoms in total. The lowest BCUT2D eigenvalue weighted by Gasteiger charge is -2.07. The molecule has 0 atom stereocenters. The van der Waals surface area contributed by atoms with E-state index in [0.717, 1.165) is 11.4 Å². The molecule has 0 aliphatic rings. The number of halogens is 1. The molecule has 0 saturated heterocycles. The summed E-state index contributed by atoms with van der Waals surface area (Å²) >= 11 is 0. The first-order chi connectivity index (χ1) is 9.79. The van der Waals surface area contributed by atoms with Crippen LogP contribution in [0.2, 0.25) is 0 Å². The minimum atomic E-state index is -0.0760. The van der Waals surface area contributed by atoms with Crippen LogP contribution in [-0.2, 0) is 9.53 Å². The number of aromatic nitrogens is 2. The van der Waals surface area contributed by atoms with Gasteiger partial charge in [0.05, 0.1) is 18.8 Å². The van der Waals surface area contributed by atoms with E-state index in [-0.39, 0.29) is 24.9 Å². The minimum Gasteiger partial charge on any atom is -0.383 e. The Kier molecular flexibility index (Phi) is 7.45. The van der Waals surface area contributed by atoms with Crippen molar-refractivity contribution in [1.29, 1.82) is 0 Å². The van der Waals surface area contributed by atoms with Gasteiger partial charge in [-0.15, -0.1) is 12.4 Å². The van der Waals surface area contributed by atoms with Crippen molar-refractivity contribution in [2.75, 3.05) is 32.1 Å². The molecular weight excluding hydrogens is 292 g/mol. The second-order valence-corrected chi connectivity index (χ2v) is 4.22. The van der Waals surface area contributed by atoms with E-state index in [1.54, 1.807) is 18.0 Å². The molecule has 0 saturated carbocycles. The number of amides is 1. The molecule has 7 heteroatoms. The van der Waals surface area contributed by atoms with Crippen LogP contribution in [0.1, 0.15) is 0 Å². The number of benzene rings is 1. The number of nitrogens with zero attached hydrogens (tertiary/aromatic N) is 2. The fourth-order valence-corrected chi connectivity index (χ4v) is 1.70. The van der Waals surface area contributed by atoms with E-state index in [0.29, 0.717) is 13.2 Å². The van der Waals surface area contributed by atoms with Crippen LogP contribution in [0.25, 0.3) is 5.69 Å². The lowest BCUT2D eigenvalue weighted by atomic mass is 10.3. The maximum absolute atomic E-state index is 11.7. The van der Waals surface area contributed by atoms with Crippen molar-refractivity contribution < 1.29 is 9.53 Å². The highest BCUT2D eigenvalue weighted by molar-refractivity contribution is 5.92. The normalized spacial score (nSPS) is 9.95. The SMILES string of the molecule is COCCNCC(=O)Nc1ccc(-n2cccn2)cc1.Cl. The number of hydrogen-bond acceptors (Lipinski definition) is 4.